The topological polar surface area (TPSA) is 39.4 Å². The minimum atomic E-state index is 0.0689. The molecule has 1 aliphatic rings. The van der Waals surface area contributed by atoms with Crippen LogP contribution in [0.15, 0.2) is 51.7 Å². The van der Waals surface area contributed by atoms with Gasteiger partial charge in [-0.2, -0.15) is 0 Å². The second-order valence-corrected chi connectivity index (χ2v) is 8.14. The zero-order chi connectivity index (χ0) is 19.0. The van der Waals surface area contributed by atoms with E-state index in [9.17, 15) is 4.79 Å². The van der Waals surface area contributed by atoms with Gasteiger partial charge in [-0.1, -0.05) is 28.1 Å². The van der Waals surface area contributed by atoms with Gasteiger partial charge in [-0.05, 0) is 55.3 Å². The van der Waals surface area contributed by atoms with Gasteiger partial charge >= 0.3 is 5.69 Å². The van der Waals surface area contributed by atoms with E-state index in [4.69, 9.17) is 4.74 Å². The third-order valence-corrected chi connectivity index (χ3v) is 5.96. The molecule has 1 aliphatic heterocycles. The van der Waals surface area contributed by atoms with Gasteiger partial charge in [-0.3, -0.25) is 14.0 Å². The van der Waals surface area contributed by atoms with E-state index < -0.39 is 0 Å². The van der Waals surface area contributed by atoms with Crippen LogP contribution in [0.5, 0.6) is 5.75 Å². The molecule has 3 aromatic rings. The van der Waals surface area contributed by atoms with E-state index in [1.165, 1.54) is 5.56 Å². The minimum Gasteiger partial charge on any atom is -0.497 e. The molecule has 0 amide bonds. The molecule has 0 bridgehead atoms. The molecule has 1 aromatic heterocycles. The van der Waals surface area contributed by atoms with Crippen LogP contribution in [0.1, 0.15) is 24.4 Å². The predicted octanol–water partition coefficient (Wildman–Crippen LogP) is 3.95. The summed E-state index contributed by atoms with van der Waals surface area (Å²) in [5, 5.41) is 0. The Bertz CT molecular complexity index is 1010. The zero-order valence-corrected chi connectivity index (χ0v) is 17.3. The first-order chi connectivity index (χ1) is 13.1. The molecule has 0 spiro atoms. The lowest BCUT2D eigenvalue weighted by molar-refractivity contribution is 0.170. The number of fused-ring (bicyclic) bond motifs is 1. The predicted molar refractivity (Wildman–Crippen MR) is 111 cm³/mol. The molecule has 1 atom stereocenters. The van der Waals surface area contributed by atoms with Crippen LogP contribution in [0.3, 0.4) is 0 Å². The van der Waals surface area contributed by atoms with Crippen molar-refractivity contribution in [2.75, 3.05) is 20.2 Å². The van der Waals surface area contributed by atoms with Crippen molar-refractivity contribution in [2.45, 2.75) is 25.4 Å². The Hall–Kier alpha value is -2.05. The number of hydrogen-bond donors (Lipinski definition) is 0. The molecule has 6 heteroatoms. The minimum absolute atomic E-state index is 0.0689. The van der Waals surface area contributed by atoms with E-state index in [0.717, 1.165) is 53.7 Å². The van der Waals surface area contributed by atoms with E-state index in [0.29, 0.717) is 0 Å². The Kier molecular flexibility index (Phi) is 5.10. The van der Waals surface area contributed by atoms with Gasteiger partial charge in [0.25, 0.3) is 0 Å². The highest BCUT2D eigenvalue weighted by molar-refractivity contribution is 9.10. The molecule has 5 nitrogen and oxygen atoms in total. The number of imidazole rings is 1. The van der Waals surface area contributed by atoms with Crippen molar-refractivity contribution in [1.82, 2.24) is 14.0 Å². The lowest BCUT2D eigenvalue weighted by Crippen LogP contribution is -2.39. The molecule has 1 saturated heterocycles. The fourth-order valence-corrected chi connectivity index (χ4v) is 4.41. The van der Waals surface area contributed by atoms with Gasteiger partial charge in [0.05, 0.1) is 24.2 Å². The number of hydrogen-bond acceptors (Lipinski definition) is 3. The van der Waals surface area contributed by atoms with Crippen LogP contribution in [0.4, 0.5) is 0 Å². The van der Waals surface area contributed by atoms with Crippen LogP contribution < -0.4 is 10.4 Å². The number of ether oxygens (including phenoxy) is 1. The van der Waals surface area contributed by atoms with Gasteiger partial charge in [0.15, 0.2) is 0 Å². The van der Waals surface area contributed by atoms with Gasteiger partial charge in [-0.15, -0.1) is 0 Å². The quantitative estimate of drug-likeness (QED) is 0.630. The van der Waals surface area contributed by atoms with E-state index in [1.807, 2.05) is 41.9 Å². The SMILES string of the molecule is COc1ccc(CN2CCCC(n3c(=O)n(C)c4cc(Br)ccc43)C2)cc1. The number of benzene rings is 2. The van der Waals surface area contributed by atoms with Gasteiger partial charge in [0.2, 0.25) is 0 Å². The Labute approximate surface area is 167 Å². The van der Waals surface area contributed by atoms with Crippen LogP contribution in [-0.4, -0.2) is 34.2 Å². The summed E-state index contributed by atoms with van der Waals surface area (Å²) in [4.78, 5) is 15.4. The number of rotatable bonds is 4. The van der Waals surface area contributed by atoms with Crippen molar-refractivity contribution >= 4 is 27.0 Å². The summed E-state index contributed by atoms with van der Waals surface area (Å²) in [6.07, 6.45) is 2.13. The van der Waals surface area contributed by atoms with Crippen molar-refractivity contribution in [3.63, 3.8) is 0 Å². The number of likely N-dealkylation sites (tertiary alicyclic amines) is 1. The normalized spacial score (nSPS) is 18.1. The van der Waals surface area contributed by atoms with Crippen molar-refractivity contribution in [3.05, 3.63) is 63.0 Å². The first-order valence-corrected chi connectivity index (χ1v) is 10.1. The number of piperidine rings is 1. The van der Waals surface area contributed by atoms with Crippen LogP contribution >= 0.6 is 15.9 Å². The van der Waals surface area contributed by atoms with Gasteiger partial charge in [0, 0.05) is 24.6 Å². The third-order valence-electron chi connectivity index (χ3n) is 5.46. The highest BCUT2D eigenvalue weighted by Crippen LogP contribution is 2.27. The maximum atomic E-state index is 12.9. The monoisotopic (exact) mass is 429 g/mol. The molecule has 2 heterocycles. The van der Waals surface area contributed by atoms with Crippen LogP contribution in [0, 0.1) is 0 Å². The standard InChI is InChI=1S/C21H24BrN3O2/c1-23-20-12-16(22)7-10-19(20)25(21(23)26)17-4-3-11-24(14-17)13-15-5-8-18(27-2)9-6-15/h5-10,12,17H,3-4,11,13-14H2,1-2H3. The number of halogens is 1. The van der Waals surface area contributed by atoms with Crippen molar-refractivity contribution < 1.29 is 4.74 Å². The van der Waals surface area contributed by atoms with Gasteiger partial charge in [-0.25, -0.2) is 4.79 Å². The summed E-state index contributed by atoms with van der Waals surface area (Å²) in [6, 6.07) is 14.5. The van der Waals surface area contributed by atoms with E-state index >= 15 is 0 Å². The van der Waals surface area contributed by atoms with E-state index in [-0.39, 0.29) is 11.7 Å². The van der Waals surface area contributed by atoms with E-state index in [1.54, 1.807) is 11.7 Å². The third kappa shape index (κ3) is 3.56. The molecule has 1 unspecified atom stereocenters. The largest absolute Gasteiger partial charge is 0.497 e. The second kappa shape index (κ2) is 7.52. The first-order valence-electron chi connectivity index (χ1n) is 9.28. The molecule has 0 radical (unpaired) electrons. The highest BCUT2D eigenvalue weighted by Gasteiger charge is 2.25. The van der Waals surface area contributed by atoms with Crippen LogP contribution in [0.2, 0.25) is 0 Å². The summed E-state index contributed by atoms with van der Waals surface area (Å²) >= 11 is 3.51. The summed E-state index contributed by atoms with van der Waals surface area (Å²) in [5.41, 5.74) is 3.33. The molecule has 4 rings (SSSR count). The van der Waals surface area contributed by atoms with Crippen molar-refractivity contribution in [2.24, 2.45) is 7.05 Å². The summed E-state index contributed by atoms with van der Waals surface area (Å²) in [7, 11) is 3.54. The Balaban J connectivity index is 1.59. The van der Waals surface area contributed by atoms with Crippen LogP contribution in [0.25, 0.3) is 11.0 Å². The summed E-state index contributed by atoms with van der Waals surface area (Å²) in [5.74, 6) is 0.878. The fourth-order valence-electron chi connectivity index (χ4n) is 4.06. The molecular formula is C21H24BrN3O2. The second-order valence-electron chi connectivity index (χ2n) is 7.22. The molecule has 0 aliphatic carbocycles. The van der Waals surface area contributed by atoms with Crippen molar-refractivity contribution in [3.8, 4) is 5.75 Å². The molecular weight excluding hydrogens is 406 g/mol. The average molecular weight is 430 g/mol. The summed E-state index contributed by atoms with van der Waals surface area (Å²) in [6.45, 7) is 2.85. The Morgan fingerprint density at radius 3 is 2.67 bits per heavy atom. The molecule has 0 N–H and O–H groups in total. The average Bonchev–Trinajstić information content (AvgIpc) is 2.93. The molecule has 1 fully saturated rings. The Morgan fingerprint density at radius 2 is 1.93 bits per heavy atom. The molecule has 2 aromatic carbocycles. The maximum absolute atomic E-state index is 12.9. The van der Waals surface area contributed by atoms with Gasteiger partial charge < -0.3 is 4.74 Å². The van der Waals surface area contributed by atoms with E-state index in [2.05, 4.69) is 33.0 Å². The molecule has 0 saturated carbocycles. The molecule has 27 heavy (non-hydrogen) atoms. The first kappa shape index (κ1) is 18.3. The van der Waals surface area contributed by atoms with Gasteiger partial charge in [0.1, 0.15) is 5.75 Å². The lowest BCUT2D eigenvalue weighted by atomic mass is 10.0. The maximum Gasteiger partial charge on any atom is 0.329 e. The number of aromatic nitrogens is 2. The number of nitrogens with zero attached hydrogens (tertiary/aromatic N) is 3. The highest BCUT2D eigenvalue weighted by atomic mass is 79.9. The number of methoxy groups -OCH3 is 1. The van der Waals surface area contributed by atoms with Crippen molar-refractivity contribution in [1.29, 1.82) is 0 Å². The fraction of sp³-hybridized carbons (Fsp3) is 0.381. The lowest BCUT2D eigenvalue weighted by Gasteiger charge is -2.33. The van der Waals surface area contributed by atoms with Crippen LogP contribution in [-0.2, 0) is 13.6 Å². The summed E-state index contributed by atoms with van der Waals surface area (Å²) < 4.78 is 9.98. The smallest absolute Gasteiger partial charge is 0.329 e. The zero-order valence-electron chi connectivity index (χ0n) is 15.7. The molecule has 142 valence electrons. The Morgan fingerprint density at radius 1 is 1.15 bits per heavy atom. The number of aryl methyl sites for hydroxylation is 1.